The van der Waals surface area contributed by atoms with Gasteiger partial charge in [-0.05, 0) is 42.3 Å². The van der Waals surface area contributed by atoms with Crippen molar-refractivity contribution in [3.8, 4) is 0 Å². The summed E-state index contributed by atoms with van der Waals surface area (Å²) in [5.41, 5.74) is 3.75. The Morgan fingerprint density at radius 1 is 1.30 bits per heavy atom. The van der Waals surface area contributed by atoms with Gasteiger partial charge in [0.1, 0.15) is 0 Å². The molecule has 1 aliphatic heterocycles. The van der Waals surface area contributed by atoms with Gasteiger partial charge in [0, 0.05) is 37.1 Å². The van der Waals surface area contributed by atoms with Crippen molar-refractivity contribution in [2.75, 3.05) is 18.0 Å². The summed E-state index contributed by atoms with van der Waals surface area (Å²) in [4.78, 5) is 17.6. The van der Waals surface area contributed by atoms with Crippen molar-refractivity contribution < 1.29 is 9.90 Å². The number of aromatic carboxylic acids is 1. The van der Waals surface area contributed by atoms with Crippen molar-refractivity contribution in [2.45, 2.75) is 12.8 Å². The van der Waals surface area contributed by atoms with E-state index in [2.05, 4.69) is 9.88 Å². The van der Waals surface area contributed by atoms with Gasteiger partial charge in [-0.3, -0.25) is 4.98 Å². The maximum Gasteiger partial charge on any atom is 0.335 e. The lowest BCUT2D eigenvalue weighted by Crippen LogP contribution is -2.23. The Labute approximate surface area is 117 Å². The first kappa shape index (κ1) is 12.7. The number of fused-ring (bicyclic) bond motifs is 1. The summed E-state index contributed by atoms with van der Waals surface area (Å²) in [6.07, 6.45) is 3.63. The normalized spacial score (nSPS) is 13.3. The second-order valence-electron chi connectivity index (χ2n) is 4.96. The largest absolute Gasteiger partial charge is 0.478 e. The number of hydrogen-bond acceptors (Lipinski definition) is 3. The van der Waals surface area contributed by atoms with Gasteiger partial charge >= 0.3 is 5.97 Å². The number of carbonyl (C=O) groups is 1. The van der Waals surface area contributed by atoms with Crippen LogP contribution in [0.25, 0.3) is 0 Å². The summed E-state index contributed by atoms with van der Waals surface area (Å²) >= 11 is 0. The molecule has 0 bridgehead atoms. The van der Waals surface area contributed by atoms with E-state index in [1.807, 2.05) is 30.5 Å². The molecule has 0 unspecified atom stereocenters. The van der Waals surface area contributed by atoms with E-state index in [4.69, 9.17) is 5.11 Å². The predicted molar refractivity (Wildman–Crippen MR) is 77.3 cm³/mol. The molecule has 0 radical (unpaired) electrons. The molecule has 3 rings (SSSR count). The highest BCUT2D eigenvalue weighted by atomic mass is 16.4. The van der Waals surface area contributed by atoms with Gasteiger partial charge in [-0.2, -0.15) is 0 Å². The molecule has 1 N–H and O–H groups in total. The molecular formula is C16H16N2O2. The summed E-state index contributed by atoms with van der Waals surface area (Å²) < 4.78 is 0. The lowest BCUT2D eigenvalue weighted by Gasteiger charge is -2.19. The van der Waals surface area contributed by atoms with Crippen LogP contribution in [0, 0.1) is 0 Å². The number of hydrogen-bond donors (Lipinski definition) is 1. The Bertz CT molecular complexity index is 626. The minimum atomic E-state index is -0.861. The van der Waals surface area contributed by atoms with Crippen molar-refractivity contribution in [3.05, 3.63) is 59.4 Å². The standard InChI is InChI=1S/C16H16N2O2/c19-16(20)13-4-5-15-12(11-13)6-9-18(15)10-7-14-3-1-2-8-17-14/h1-5,8,11H,6-7,9-10H2,(H,19,20). The summed E-state index contributed by atoms with van der Waals surface area (Å²) in [7, 11) is 0. The molecule has 0 saturated carbocycles. The molecule has 0 aliphatic carbocycles. The molecule has 4 nitrogen and oxygen atoms in total. The summed E-state index contributed by atoms with van der Waals surface area (Å²) in [5.74, 6) is -0.861. The van der Waals surface area contributed by atoms with Gasteiger partial charge in [-0.25, -0.2) is 4.79 Å². The molecule has 0 amide bonds. The Balaban J connectivity index is 1.72. The number of benzene rings is 1. The Hall–Kier alpha value is -2.36. The first-order valence-electron chi connectivity index (χ1n) is 6.75. The SMILES string of the molecule is O=C(O)c1ccc2c(c1)CCN2CCc1ccccn1. The van der Waals surface area contributed by atoms with E-state index in [0.29, 0.717) is 5.56 Å². The van der Waals surface area contributed by atoms with Crippen molar-refractivity contribution in [1.82, 2.24) is 4.98 Å². The molecule has 1 aromatic carbocycles. The van der Waals surface area contributed by atoms with Crippen LogP contribution in [0.15, 0.2) is 42.6 Å². The summed E-state index contributed by atoms with van der Waals surface area (Å²) in [6, 6.07) is 11.3. The fourth-order valence-electron chi connectivity index (χ4n) is 2.63. The summed E-state index contributed by atoms with van der Waals surface area (Å²) in [5, 5.41) is 9.01. The fraction of sp³-hybridized carbons (Fsp3) is 0.250. The second kappa shape index (κ2) is 5.33. The number of carboxylic acids is 1. The average Bonchev–Trinajstić information content (AvgIpc) is 2.88. The van der Waals surface area contributed by atoms with Gasteiger partial charge in [0.2, 0.25) is 0 Å². The number of pyridine rings is 1. The van der Waals surface area contributed by atoms with Crippen LogP contribution < -0.4 is 4.90 Å². The highest BCUT2D eigenvalue weighted by Crippen LogP contribution is 2.28. The van der Waals surface area contributed by atoms with Gasteiger partial charge in [-0.1, -0.05) is 6.07 Å². The third kappa shape index (κ3) is 2.50. The maximum atomic E-state index is 11.0. The number of aromatic nitrogens is 1. The fourth-order valence-corrected chi connectivity index (χ4v) is 2.63. The predicted octanol–water partition coefficient (Wildman–Crippen LogP) is 2.39. The number of anilines is 1. The highest BCUT2D eigenvalue weighted by molar-refractivity contribution is 5.88. The van der Waals surface area contributed by atoms with E-state index in [-0.39, 0.29) is 0 Å². The van der Waals surface area contributed by atoms with E-state index in [0.717, 1.165) is 42.9 Å². The minimum absolute atomic E-state index is 0.371. The van der Waals surface area contributed by atoms with E-state index in [1.54, 1.807) is 12.1 Å². The molecule has 0 fully saturated rings. The summed E-state index contributed by atoms with van der Waals surface area (Å²) in [6.45, 7) is 1.86. The lowest BCUT2D eigenvalue weighted by molar-refractivity contribution is 0.0697. The molecule has 0 spiro atoms. The second-order valence-corrected chi connectivity index (χ2v) is 4.96. The van der Waals surface area contributed by atoms with Crippen LogP contribution in [-0.4, -0.2) is 29.1 Å². The van der Waals surface area contributed by atoms with Gasteiger partial charge < -0.3 is 10.0 Å². The molecule has 102 valence electrons. The third-order valence-electron chi connectivity index (χ3n) is 3.68. The number of rotatable bonds is 4. The van der Waals surface area contributed by atoms with E-state index in [9.17, 15) is 4.79 Å². The first-order chi connectivity index (χ1) is 9.74. The molecule has 0 saturated heterocycles. The van der Waals surface area contributed by atoms with Gasteiger partial charge in [-0.15, -0.1) is 0 Å². The number of nitrogens with zero attached hydrogens (tertiary/aromatic N) is 2. The minimum Gasteiger partial charge on any atom is -0.478 e. The van der Waals surface area contributed by atoms with E-state index < -0.39 is 5.97 Å². The monoisotopic (exact) mass is 268 g/mol. The molecule has 20 heavy (non-hydrogen) atoms. The smallest absolute Gasteiger partial charge is 0.335 e. The third-order valence-corrected chi connectivity index (χ3v) is 3.68. The quantitative estimate of drug-likeness (QED) is 0.925. The number of carboxylic acid groups (broad SMARTS) is 1. The van der Waals surface area contributed by atoms with Gasteiger partial charge in [0.15, 0.2) is 0 Å². The van der Waals surface area contributed by atoms with Crippen LogP contribution in [0.1, 0.15) is 21.6 Å². The van der Waals surface area contributed by atoms with E-state index in [1.165, 1.54) is 0 Å². The zero-order chi connectivity index (χ0) is 13.9. The Morgan fingerprint density at radius 2 is 2.20 bits per heavy atom. The van der Waals surface area contributed by atoms with Crippen LogP contribution in [0.2, 0.25) is 0 Å². The van der Waals surface area contributed by atoms with Crippen LogP contribution in [0.5, 0.6) is 0 Å². The van der Waals surface area contributed by atoms with Crippen LogP contribution in [0.4, 0.5) is 5.69 Å². The molecule has 1 aromatic heterocycles. The van der Waals surface area contributed by atoms with E-state index >= 15 is 0 Å². The van der Waals surface area contributed by atoms with Crippen LogP contribution in [-0.2, 0) is 12.8 Å². The van der Waals surface area contributed by atoms with Crippen molar-refractivity contribution in [1.29, 1.82) is 0 Å². The molecule has 0 atom stereocenters. The van der Waals surface area contributed by atoms with Gasteiger partial charge in [0.25, 0.3) is 0 Å². The zero-order valence-corrected chi connectivity index (χ0v) is 11.1. The Kier molecular flexibility index (Phi) is 3.37. The average molecular weight is 268 g/mol. The van der Waals surface area contributed by atoms with Crippen molar-refractivity contribution in [2.24, 2.45) is 0 Å². The molecule has 4 heteroatoms. The lowest BCUT2D eigenvalue weighted by atomic mass is 10.1. The van der Waals surface area contributed by atoms with Crippen LogP contribution in [0.3, 0.4) is 0 Å². The first-order valence-corrected chi connectivity index (χ1v) is 6.75. The molecule has 2 heterocycles. The highest BCUT2D eigenvalue weighted by Gasteiger charge is 2.20. The maximum absolute atomic E-state index is 11.0. The topological polar surface area (TPSA) is 53.4 Å². The molecular weight excluding hydrogens is 252 g/mol. The van der Waals surface area contributed by atoms with Gasteiger partial charge in [0.05, 0.1) is 5.56 Å². The van der Waals surface area contributed by atoms with Crippen LogP contribution >= 0.6 is 0 Å². The Morgan fingerprint density at radius 3 is 2.95 bits per heavy atom. The zero-order valence-electron chi connectivity index (χ0n) is 11.1. The molecule has 2 aromatic rings. The van der Waals surface area contributed by atoms with Crippen molar-refractivity contribution in [3.63, 3.8) is 0 Å². The molecule has 1 aliphatic rings. The van der Waals surface area contributed by atoms with Crippen molar-refractivity contribution >= 4 is 11.7 Å².